The topological polar surface area (TPSA) is 76.1 Å². The molecule has 0 radical (unpaired) electrons. The van der Waals surface area contributed by atoms with Gasteiger partial charge in [0.15, 0.2) is 0 Å². The second-order valence-electron chi connectivity index (χ2n) is 5.37. The number of ether oxygens (including phenoxy) is 1. The van der Waals surface area contributed by atoms with E-state index in [9.17, 15) is 9.18 Å². The Balaban J connectivity index is 1.74. The quantitative estimate of drug-likeness (QED) is 0.658. The SMILES string of the molecule is COC(=O)c1ccccc1Nc1nccc(NCc2ccccc2F)n1. The van der Waals surface area contributed by atoms with Gasteiger partial charge in [-0.05, 0) is 24.3 Å². The van der Waals surface area contributed by atoms with Gasteiger partial charge in [-0.3, -0.25) is 0 Å². The molecule has 0 aliphatic rings. The molecule has 0 atom stereocenters. The van der Waals surface area contributed by atoms with Crippen molar-refractivity contribution in [2.45, 2.75) is 6.54 Å². The third kappa shape index (κ3) is 4.13. The van der Waals surface area contributed by atoms with Gasteiger partial charge in [0.25, 0.3) is 0 Å². The molecule has 0 amide bonds. The number of anilines is 3. The van der Waals surface area contributed by atoms with E-state index in [0.717, 1.165) is 0 Å². The molecule has 0 unspecified atom stereocenters. The van der Waals surface area contributed by atoms with E-state index in [1.807, 2.05) is 0 Å². The van der Waals surface area contributed by atoms with Crippen molar-refractivity contribution in [2.75, 3.05) is 17.7 Å². The number of benzene rings is 2. The normalized spacial score (nSPS) is 10.2. The van der Waals surface area contributed by atoms with Crippen molar-refractivity contribution in [1.29, 1.82) is 0 Å². The van der Waals surface area contributed by atoms with Crippen molar-refractivity contribution < 1.29 is 13.9 Å². The summed E-state index contributed by atoms with van der Waals surface area (Å²) < 4.78 is 18.5. The van der Waals surface area contributed by atoms with E-state index in [2.05, 4.69) is 20.6 Å². The third-order valence-corrected chi connectivity index (χ3v) is 3.65. The Kier molecular flexibility index (Phi) is 5.38. The van der Waals surface area contributed by atoms with Crippen LogP contribution in [0.5, 0.6) is 0 Å². The van der Waals surface area contributed by atoms with Gasteiger partial charge in [0, 0.05) is 18.3 Å². The third-order valence-electron chi connectivity index (χ3n) is 3.65. The van der Waals surface area contributed by atoms with Crippen LogP contribution < -0.4 is 10.6 Å². The standard InChI is InChI=1S/C19H17FN4O2/c1-26-18(25)14-7-3-5-9-16(14)23-19-21-11-10-17(24-19)22-12-13-6-2-4-8-15(13)20/h2-11H,12H2,1H3,(H2,21,22,23,24). The van der Waals surface area contributed by atoms with Crippen LogP contribution >= 0.6 is 0 Å². The Morgan fingerprint density at radius 1 is 1.12 bits per heavy atom. The van der Waals surface area contributed by atoms with Gasteiger partial charge >= 0.3 is 5.97 Å². The molecule has 1 aromatic heterocycles. The van der Waals surface area contributed by atoms with Gasteiger partial charge in [-0.2, -0.15) is 4.98 Å². The first-order chi connectivity index (χ1) is 12.7. The summed E-state index contributed by atoms with van der Waals surface area (Å²) in [4.78, 5) is 20.3. The van der Waals surface area contributed by atoms with Crippen LogP contribution in [0.4, 0.5) is 21.8 Å². The predicted octanol–water partition coefficient (Wildman–Crippen LogP) is 3.76. The number of carbonyl (C=O) groups is 1. The summed E-state index contributed by atoms with van der Waals surface area (Å²) >= 11 is 0. The van der Waals surface area contributed by atoms with E-state index >= 15 is 0 Å². The molecule has 0 spiro atoms. The van der Waals surface area contributed by atoms with Crippen molar-refractivity contribution >= 4 is 23.4 Å². The largest absolute Gasteiger partial charge is 0.465 e. The van der Waals surface area contributed by atoms with Gasteiger partial charge in [0.2, 0.25) is 5.95 Å². The molecule has 0 fully saturated rings. The van der Waals surface area contributed by atoms with Crippen molar-refractivity contribution in [3.63, 3.8) is 0 Å². The van der Waals surface area contributed by atoms with E-state index in [0.29, 0.717) is 35.1 Å². The molecule has 7 heteroatoms. The van der Waals surface area contributed by atoms with Gasteiger partial charge < -0.3 is 15.4 Å². The minimum absolute atomic E-state index is 0.278. The maximum absolute atomic E-state index is 13.7. The van der Waals surface area contributed by atoms with Crippen molar-refractivity contribution in [3.8, 4) is 0 Å². The minimum atomic E-state index is -0.457. The highest BCUT2D eigenvalue weighted by Gasteiger charge is 2.12. The van der Waals surface area contributed by atoms with Crippen molar-refractivity contribution in [1.82, 2.24) is 9.97 Å². The van der Waals surface area contributed by atoms with Crippen LogP contribution in [0.15, 0.2) is 60.8 Å². The smallest absolute Gasteiger partial charge is 0.339 e. The summed E-state index contributed by atoms with van der Waals surface area (Å²) in [5.74, 6) is 0.0996. The first-order valence-electron chi connectivity index (χ1n) is 7.92. The summed E-state index contributed by atoms with van der Waals surface area (Å²) in [6, 6.07) is 15.1. The number of carbonyl (C=O) groups excluding carboxylic acids is 1. The first-order valence-corrected chi connectivity index (χ1v) is 7.92. The lowest BCUT2D eigenvalue weighted by Gasteiger charge is -2.11. The molecule has 0 bridgehead atoms. The average molecular weight is 352 g/mol. The molecule has 1 heterocycles. The highest BCUT2D eigenvalue weighted by Crippen LogP contribution is 2.20. The molecule has 2 aromatic carbocycles. The molecule has 6 nitrogen and oxygen atoms in total. The van der Waals surface area contributed by atoms with Crippen LogP contribution in [0.3, 0.4) is 0 Å². The van der Waals surface area contributed by atoms with Gasteiger partial charge in [-0.25, -0.2) is 14.2 Å². The van der Waals surface area contributed by atoms with Gasteiger partial charge in [-0.15, -0.1) is 0 Å². The summed E-state index contributed by atoms with van der Waals surface area (Å²) in [6.45, 7) is 0.294. The fourth-order valence-electron chi connectivity index (χ4n) is 2.35. The fraction of sp³-hybridized carbons (Fsp3) is 0.105. The number of methoxy groups -OCH3 is 1. The number of esters is 1. The van der Waals surface area contributed by atoms with E-state index in [1.54, 1.807) is 54.7 Å². The predicted molar refractivity (Wildman–Crippen MR) is 96.8 cm³/mol. The van der Waals surface area contributed by atoms with Crippen LogP contribution in [-0.4, -0.2) is 23.0 Å². The second-order valence-corrected chi connectivity index (χ2v) is 5.37. The number of nitrogens with one attached hydrogen (secondary N) is 2. The van der Waals surface area contributed by atoms with Gasteiger partial charge in [0.05, 0.1) is 18.4 Å². The summed E-state index contributed by atoms with van der Waals surface area (Å²) in [5.41, 5.74) is 1.45. The number of nitrogens with zero attached hydrogens (tertiary/aromatic N) is 2. The molecular weight excluding hydrogens is 335 g/mol. The van der Waals surface area contributed by atoms with Crippen LogP contribution in [-0.2, 0) is 11.3 Å². The lowest BCUT2D eigenvalue weighted by atomic mass is 10.2. The van der Waals surface area contributed by atoms with Crippen LogP contribution in [0.25, 0.3) is 0 Å². The highest BCUT2D eigenvalue weighted by atomic mass is 19.1. The number of aromatic nitrogens is 2. The Morgan fingerprint density at radius 3 is 2.69 bits per heavy atom. The number of hydrogen-bond donors (Lipinski definition) is 2. The monoisotopic (exact) mass is 352 g/mol. The Hall–Kier alpha value is -3.48. The number of rotatable bonds is 6. The highest BCUT2D eigenvalue weighted by molar-refractivity contribution is 5.96. The molecule has 3 aromatic rings. The molecular formula is C19H17FN4O2. The molecule has 0 aliphatic carbocycles. The van der Waals surface area contributed by atoms with E-state index < -0.39 is 5.97 Å². The van der Waals surface area contributed by atoms with Crippen molar-refractivity contribution in [3.05, 3.63) is 77.7 Å². The molecule has 0 saturated heterocycles. The maximum Gasteiger partial charge on any atom is 0.339 e. The summed E-state index contributed by atoms with van der Waals surface area (Å²) in [6.07, 6.45) is 1.57. The molecule has 0 saturated carbocycles. The zero-order valence-electron chi connectivity index (χ0n) is 14.1. The Bertz CT molecular complexity index is 917. The molecule has 26 heavy (non-hydrogen) atoms. The molecule has 2 N–H and O–H groups in total. The maximum atomic E-state index is 13.7. The molecule has 0 aliphatic heterocycles. The van der Waals surface area contributed by atoms with E-state index in [-0.39, 0.29) is 5.82 Å². The van der Waals surface area contributed by atoms with Gasteiger partial charge in [-0.1, -0.05) is 30.3 Å². The zero-order chi connectivity index (χ0) is 18.4. The summed E-state index contributed by atoms with van der Waals surface area (Å²) in [5, 5.41) is 6.05. The lowest BCUT2D eigenvalue weighted by molar-refractivity contribution is 0.0602. The number of para-hydroxylation sites is 1. The Labute approximate surface area is 150 Å². The summed E-state index contributed by atoms with van der Waals surface area (Å²) in [7, 11) is 1.32. The van der Waals surface area contributed by atoms with Gasteiger partial charge in [0.1, 0.15) is 11.6 Å². The molecule has 132 valence electrons. The van der Waals surface area contributed by atoms with Crippen LogP contribution in [0.2, 0.25) is 0 Å². The minimum Gasteiger partial charge on any atom is -0.465 e. The van der Waals surface area contributed by atoms with Crippen LogP contribution in [0.1, 0.15) is 15.9 Å². The molecule has 3 rings (SSSR count). The lowest BCUT2D eigenvalue weighted by Crippen LogP contribution is -2.08. The van der Waals surface area contributed by atoms with E-state index in [4.69, 9.17) is 4.74 Å². The number of hydrogen-bond acceptors (Lipinski definition) is 6. The Morgan fingerprint density at radius 2 is 1.88 bits per heavy atom. The van der Waals surface area contributed by atoms with E-state index in [1.165, 1.54) is 13.2 Å². The number of halogens is 1. The second kappa shape index (κ2) is 8.06. The van der Waals surface area contributed by atoms with Crippen LogP contribution in [0, 0.1) is 5.82 Å². The fourth-order valence-corrected chi connectivity index (χ4v) is 2.35. The average Bonchev–Trinajstić information content (AvgIpc) is 2.67. The zero-order valence-corrected chi connectivity index (χ0v) is 14.1. The first kappa shape index (κ1) is 17.3. The van der Waals surface area contributed by atoms with Crippen molar-refractivity contribution in [2.24, 2.45) is 0 Å².